The van der Waals surface area contributed by atoms with Gasteiger partial charge in [0.15, 0.2) is 0 Å². The van der Waals surface area contributed by atoms with Gasteiger partial charge in [0.25, 0.3) is 0 Å². The van der Waals surface area contributed by atoms with Crippen LogP contribution < -0.4 is 4.74 Å². The van der Waals surface area contributed by atoms with Gasteiger partial charge in [-0.1, -0.05) is 19.9 Å². The van der Waals surface area contributed by atoms with Crippen molar-refractivity contribution in [2.75, 3.05) is 6.61 Å². The van der Waals surface area contributed by atoms with E-state index in [-0.39, 0.29) is 10.8 Å². The Balaban J connectivity index is 2.41. The summed E-state index contributed by atoms with van der Waals surface area (Å²) in [5.41, 5.74) is 2.81. The SMILES string of the molecule is CCOc1ccc2c(c1)C(Cl)CC2(C)C. The zero-order valence-corrected chi connectivity index (χ0v) is 10.3. The molecule has 1 unspecified atom stereocenters. The van der Waals surface area contributed by atoms with Crippen molar-refractivity contribution < 1.29 is 4.74 Å². The Kier molecular flexibility index (Phi) is 2.68. The molecule has 1 aromatic carbocycles. The molecule has 82 valence electrons. The molecular weight excluding hydrogens is 208 g/mol. The van der Waals surface area contributed by atoms with Crippen molar-refractivity contribution in [3.05, 3.63) is 29.3 Å². The molecule has 0 aliphatic heterocycles. The van der Waals surface area contributed by atoms with E-state index in [9.17, 15) is 0 Å². The van der Waals surface area contributed by atoms with Gasteiger partial charge in [-0.2, -0.15) is 0 Å². The zero-order chi connectivity index (χ0) is 11.1. The smallest absolute Gasteiger partial charge is 0.119 e. The molecule has 0 fully saturated rings. The van der Waals surface area contributed by atoms with Crippen LogP contribution in [0.25, 0.3) is 0 Å². The fraction of sp³-hybridized carbons (Fsp3) is 0.538. The maximum atomic E-state index is 6.34. The number of benzene rings is 1. The van der Waals surface area contributed by atoms with Crippen molar-refractivity contribution in [2.45, 2.75) is 38.0 Å². The van der Waals surface area contributed by atoms with Crippen molar-refractivity contribution in [3.8, 4) is 5.75 Å². The van der Waals surface area contributed by atoms with E-state index < -0.39 is 0 Å². The van der Waals surface area contributed by atoms with Gasteiger partial charge in [0.2, 0.25) is 0 Å². The van der Waals surface area contributed by atoms with Crippen LogP contribution in [0.4, 0.5) is 0 Å². The highest BCUT2D eigenvalue weighted by atomic mass is 35.5. The molecule has 0 radical (unpaired) electrons. The average molecular weight is 225 g/mol. The van der Waals surface area contributed by atoms with E-state index in [4.69, 9.17) is 16.3 Å². The van der Waals surface area contributed by atoms with Crippen LogP contribution in [0, 0.1) is 0 Å². The Morgan fingerprint density at radius 3 is 2.87 bits per heavy atom. The Bertz CT molecular complexity index is 371. The van der Waals surface area contributed by atoms with Crippen molar-refractivity contribution >= 4 is 11.6 Å². The largest absolute Gasteiger partial charge is 0.494 e. The number of halogens is 1. The molecule has 0 heterocycles. The van der Waals surface area contributed by atoms with Crippen molar-refractivity contribution in [1.82, 2.24) is 0 Å². The number of alkyl halides is 1. The van der Waals surface area contributed by atoms with Crippen LogP contribution in [0.3, 0.4) is 0 Å². The van der Waals surface area contributed by atoms with Crippen LogP contribution in [-0.2, 0) is 5.41 Å². The summed E-state index contributed by atoms with van der Waals surface area (Å²) in [6.07, 6.45) is 1.01. The number of fused-ring (bicyclic) bond motifs is 1. The molecule has 0 aromatic heterocycles. The van der Waals surface area contributed by atoms with E-state index in [0.717, 1.165) is 12.2 Å². The lowest BCUT2D eigenvalue weighted by Gasteiger charge is -2.18. The van der Waals surface area contributed by atoms with Gasteiger partial charge in [-0.05, 0) is 42.0 Å². The normalized spacial score (nSPS) is 22.5. The van der Waals surface area contributed by atoms with Gasteiger partial charge >= 0.3 is 0 Å². The number of ether oxygens (including phenoxy) is 1. The zero-order valence-electron chi connectivity index (χ0n) is 9.51. The summed E-state index contributed by atoms with van der Waals surface area (Å²) in [6, 6.07) is 6.28. The van der Waals surface area contributed by atoms with E-state index in [2.05, 4.69) is 26.0 Å². The molecule has 15 heavy (non-hydrogen) atoms. The monoisotopic (exact) mass is 224 g/mol. The van der Waals surface area contributed by atoms with Crippen LogP contribution in [0.5, 0.6) is 5.75 Å². The van der Waals surface area contributed by atoms with Crippen LogP contribution >= 0.6 is 11.6 Å². The van der Waals surface area contributed by atoms with Gasteiger partial charge < -0.3 is 4.74 Å². The van der Waals surface area contributed by atoms with Crippen LogP contribution in [0.2, 0.25) is 0 Å². The van der Waals surface area contributed by atoms with Gasteiger partial charge in [-0.25, -0.2) is 0 Å². The Morgan fingerprint density at radius 1 is 1.47 bits per heavy atom. The summed E-state index contributed by atoms with van der Waals surface area (Å²) in [5.74, 6) is 0.930. The minimum Gasteiger partial charge on any atom is -0.494 e. The molecule has 2 rings (SSSR count). The van der Waals surface area contributed by atoms with Gasteiger partial charge in [0.05, 0.1) is 12.0 Å². The quantitative estimate of drug-likeness (QED) is 0.689. The van der Waals surface area contributed by atoms with E-state index in [1.165, 1.54) is 11.1 Å². The molecule has 1 aliphatic carbocycles. The third-order valence-corrected chi connectivity index (χ3v) is 3.48. The summed E-state index contributed by atoms with van der Waals surface area (Å²) in [7, 11) is 0. The molecule has 1 atom stereocenters. The molecule has 1 nitrogen and oxygen atoms in total. The first-order valence-corrected chi connectivity index (χ1v) is 5.89. The second-order valence-corrected chi connectivity index (χ2v) is 5.26. The summed E-state index contributed by atoms with van der Waals surface area (Å²) >= 11 is 6.34. The first-order chi connectivity index (χ1) is 7.04. The Labute approximate surface area is 96.4 Å². The highest BCUT2D eigenvalue weighted by Gasteiger charge is 2.35. The topological polar surface area (TPSA) is 9.23 Å². The molecule has 0 amide bonds. The maximum Gasteiger partial charge on any atom is 0.119 e. The van der Waals surface area contributed by atoms with Crippen LogP contribution in [0.15, 0.2) is 18.2 Å². The van der Waals surface area contributed by atoms with E-state index in [1.54, 1.807) is 0 Å². The Hall–Kier alpha value is -0.690. The molecular formula is C13H17ClO. The Morgan fingerprint density at radius 2 is 2.20 bits per heavy atom. The molecule has 2 heteroatoms. The molecule has 0 saturated heterocycles. The van der Waals surface area contributed by atoms with Gasteiger partial charge in [0, 0.05) is 0 Å². The number of hydrogen-bond acceptors (Lipinski definition) is 1. The molecule has 0 saturated carbocycles. The van der Waals surface area contributed by atoms with Gasteiger partial charge in [-0.3, -0.25) is 0 Å². The summed E-state index contributed by atoms with van der Waals surface area (Å²) in [4.78, 5) is 0. The minimum atomic E-state index is 0.135. The van der Waals surface area contributed by atoms with E-state index in [0.29, 0.717) is 6.61 Å². The fourth-order valence-corrected chi connectivity index (χ4v) is 2.91. The lowest BCUT2D eigenvalue weighted by molar-refractivity contribution is 0.340. The van der Waals surface area contributed by atoms with Crippen molar-refractivity contribution in [2.24, 2.45) is 0 Å². The maximum absolute atomic E-state index is 6.34. The summed E-state index contributed by atoms with van der Waals surface area (Å²) < 4.78 is 5.49. The predicted molar refractivity (Wildman–Crippen MR) is 63.8 cm³/mol. The van der Waals surface area contributed by atoms with Gasteiger partial charge in [0.1, 0.15) is 5.75 Å². The third kappa shape index (κ3) is 1.85. The third-order valence-electron chi connectivity index (χ3n) is 3.09. The standard InChI is InChI=1S/C13H17ClO/c1-4-15-9-5-6-11-10(7-9)12(14)8-13(11,2)3/h5-7,12H,4,8H2,1-3H3. The highest BCUT2D eigenvalue weighted by molar-refractivity contribution is 6.21. The van der Waals surface area contributed by atoms with Crippen molar-refractivity contribution in [3.63, 3.8) is 0 Å². The highest BCUT2D eigenvalue weighted by Crippen LogP contribution is 2.48. The molecule has 0 bridgehead atoms. The van der Waals surface area contributed by atoms with E-state index >= 15 is 0 Å². The lowest BCUT2D eigenvalue weighted by Crippen LogP contribution is -2.11. The number of hydrogen-bond donors (Lipinski definition) is 0. The summed E-state index contributed by atoms with van der Waals surface area (Å²) in [6.45, 7) is 7.19. The first kappa shape index (κ1) is 10.8. The average Bonchev–Trinajstić information content (AvgIpc) is 2.38. The van der Waals surface area contributed by atoms with Crippen molar-refractivity contribution in [1.29, 1.82) is 0 Å². The second-order valence-electron chi connectivity index (χ2n) is 4.74. The minimum absolute atomic E-state index is 0.135. The van der Waals surface area contributed by atoms with Crippen LogP contribution in [-0.4, -0.2) is 6.61 Å². The molecule has 0 spiro atoms. The van der Waals surface area contributed by atoms with Gasteiger partial charge in [-0.15, -0.1) is 11.6 Å². The molecule has 1 aromatic rings. The number of rotatable bonds is 2. The predicted octanol–water partition coefficient (Wildman–Crippen LogP) is 4.05. The molecule has 0 N–H and O–H groups in total. The molecule has 1 aliphatic rings. The lowest BCUT2D eigenvalue weighted by atomic mass is 9.87. The van der Waals surface area contributed by atoms with E-state index in [1.807, 2.05) is 13.0 Å². The first-order valence-electron chi connectivity index (χ1n) is 5.46. The summed E-state index contributed by atoms with van der Waals surface area (Å²) in [5, 5.41) is 0.135. The van der Waals surface area contributed by atoms with Crippen LogP contribution in [0.1, 0.15) is 43.7 Å². The fourth-order valence-electron chi connectivity index (χ4n) is 2.34. The second kappa shape index (κ2) is 3.71.